The van der Waals surface area contributed by atoms with Crippen LogP contribution in [0.15, 0.2) is 24.3 Å². The van der Waals surface area contributed by atoms with Gasteiger partial charge >= 0.3 is 6.01 Å². The number of halogens is 5. The van der Waals surface area contributed by atoms with E-state index in [2.05, 4.69) is 15.3 Å². The lowest BCUT2D eigenvalue weighted by molar-refractivity contribution is 0.0118. The number of phenols is 1. The molecule has 12 heteroatoms. The first-order valence-corrected chi connectivity index (χ1v) is 12.9. The van der Waals surface area contributed by atoms with Gasteiger partial charge in [-0.25, -0.2) is 17.6 Å². The number of nitrogens with zero attached hydrogens (tertiary/aromatic N) is 4. The predicted molar refractivity (Wildman–Crippen MR) is 137 cm³/mol. The molecule has 1 atom stereocenters. The average Bonchev–Trinajstić information content (AvgIpc) is 3.22. The molecule has 0 radical (unpaired) electrons. The molecule has 0 saturated carbocycles. The van der Waals surface area contributed by atoms with Crippen LogP contribution in [-0.2, 0) is 0 Å². The lowest BCUT2D eigenvalue weighted by Gasteiger charge is -2.33. The van der Waals surface area contributed by atoms with E-state index in [1.165, 1.54) is 18.2 Å². The number of piperazine rings is 1. The van der Waals surface area contributed by atoms with Crippen molar-refractivity contribution in [2.24, 2.45) is 0 Å². The monoisotopic (exact) mass is 553 g/mol. The highest BCUT2D eigenvalue weighted by Gasteiger charge is 2.37. The standard InChI is InChI=1S/C26H28ClF4N5O2/c1-15-13-36(10-7-32-15)24-16-12-17(27)20(21-18(28)4-2-5-19(21)37)22(29)23(16)33-25(34-24)38-11-3-8-35-9-6-26(30,31)14-35/h2,4-5,12,15,32,37H,3,6-11,13-14H2,1H3. The maximum atomic E-state index is 16.0. The molecule has 0 amide bonds. The van der Waals surface area contributed by atoms with Crippen molar-refractivity contribution in [3.8, 4) is 22.9 Å². The highest BCUT2D eigenvalue weighted by atomic mass is 35.5. The molecule has 204 valence electrons. The van der Waals surface area contributed by atoms with Gasteiger partial charge in [0.05, 0.1) is 23.7 Å². The number of hydrogen-bond donors (Lipinski definition) is 2. The van der Waals surface area contributed by atoms with Gasteiger partial charge in [-0.3, -0.25) is 4.90 Å². The van der Waals surface area contributed by atoms with Crippen LogP contribution < -0.4 is 15.0 Å². The quantitative estimate of drug-likeness (QED) is 0.320. The molecular formula is C26H28ClF4N5O2. The Morgan fingerprint density at radius 1 is 1.21 bits per heavy atom. The van der Waals surface area contributed by atoms with Gasteiger partial charge in [0.25, 0.3) is 5.92 Å². The lowest BCUT2D eigenvalue weighted by Crippen LogP contribution is -2.49. The topological polar surface area (TPSA) is 73.8 Å². The summed E-state index contributed by atoms with van der Waals surface area (Å²) in [4.78, 5) is 12.5. The zero-order valence-electron chi connectivity index (χ0n) is 20.8. The SMILES string of the molecule is CC1CN(c2nc(OCCCN3CCC(F)(F)C3)nc3c(F)c(-c4c(O)cccc4F)c(Cl)cc23)CCN1. The average molecular weight is 554 g/mol. The first-order chi connectivity index (χ1) is 18.1. The minimum Gasteiger partial charge on any atom is -0.507 e. The molecule has 0 bridgehead atoms. The number of anilines is 1. The van der Waals surface area contributed by atoms with Gasteiger partial charge in [-0.05, 0) is 31.5 Å². The number of fused-ring (bicyclic) bond motifs is 1. The highest BCUT2D eigenvalue weighted by molar-refractivity contribution is 6.34. The van der Waals surface area contributed by atoms with Crippen LogP contribution in [-0.4, -0.2) is 77.8 Å². The second-order valence-corrected chi connectivity index (χ2v) is 10.2. The first kappa shape index (κ1) is 26.7. The summed E-state index contributed by atoms with van der Waals surface area (Å²) in [7, 11) is 0. The smallest absolute Gasteiger partial charge is 0.319 e. The molecule has 2 saturated heterocycles. The zero-order valence-corrected chi connectivity index (χ0v) is 21.5. The van der Waals surface area contributed by atoms with Crippen LogP contribution in [0.4, 0.5) is 23.4 Å². The number of aromatic nitrogens is 2. The second-order valence-electron chi connectivity index (χ2n) is 9.79. The molecule has 5 rings (SSSR count). The van der Waals surface area contributed by atoms with Crippen molar-refractivity contribution in [3.05, 3.63) is 40.9 Å². The normalized spacial score (nSPS) is 19.8. The van der Waals surface area contributed by atoms with E-state index < -0.39 is 23.3 Å². The van der Waals surface area contributed by atoms with E-state index in [1.807, 2.05) is 11.8 Å². The van der Waals surface area contributed by atoms with Gasteiger partial charge in [-0.1, -0.05) is 17.7 Å². The van der Waals surface area contributed by atoms with Gasteiger partial charge in [-0.2, -0.15) is 9.97 Å². The fourth-order valence-corrected chi connectivity index (χ4v) is 5.32. The fraction of sp³-hybridized carbons (Fsp3) is 0.462. The van der Waals surface area contributed by atoms with E-state index in [9.17, 15) is 18.3 Å². The molecule has 2 aliphatic heterocycles. The van der Waals surface area contributed by atoms with Crippen LogP contribution in [0.3, 0.4) is 0 Å². The van der Waals surface area contributed by atoms with Crippen LogP contribution in [0.1, 0.15) is 19.8 Å². The van der Waals surface area contributed by atoms with Crippen molar-refractivity contribution in [1.82, 2.24) is 20.2 Å². The van der Waals surface area contributed by atoms with Gasteiger partial charge < -0.3 is 20.1 Å². The first-order valence-electron chi connectivity index (χ1n) is 12.5. The summed E-state index contributed by atoms with van der Waals surface area (Å²) < 4.78 is 63.4. The van der Waals surface area contributed by atoms with Crippen molar-refractivity contribution in [2.45, 2.75) is 31.7 Å². The molecule has 3 aromatic rings. The number of benzene rings is 2. The number of ether oxygens (including phenoxy) is 1. The number of rotatable bonds is 7. The molecular weight excluding hydrogens is 526 g/mol. The molecule has 1 aromatic heterocycles. The number of phenolic OH excluding ortho intramolecular Hbond substituents is 1. The summed E-state index contributed by atoms with van der Waals surface area (Å²) in [6.45, 7) is 4.48. The number of likely N-dealkylation sites (tertiary alicyclic amines) is 1. The number of nitrogens with one attached hydrogen (secondary N) is 1. The van der Waals surface area contributed by atoms with Crippen LogP contribution in [0.25, 0.3) is 22.0 Å². The van der Waals surface area contributed by atoms with Crippen molar-refractivity contribution < 1.29 is 27.4 Å². The van der Waals surface area contributed by atoms with E-state index in [0.29, 0.717) is 50.3 Å². The van der Waals surface area contributed by atoms with Gasteiger partial charge in [0, 0.05) is 56.1 Å². The van der Waals surface area contributed by atoms with Gasteiger partial charge in [0.1, 0.15) is 22.9 Å². The summed E-state index contributed by atoms with van der Waals surface area (Å²) in [5, 5.41) is 13.9. The van der Waals surface area contributed by atoms with Crippen molar-refractivity contribution in [2.75, 3.05) is 50.8 Å². The molecule has 2 fully saturated rings. The molecule has 0 spiro atoms. The molecule has 2 aliphatic rings. The molecule has 3 heterocycles. The van der Waals surface area contributed by atoms with E-state index >= 15 is 4.39 Å². The molecule has 38 heavy (non-hydrogen) atoms. The third-order valence-electron chi connectivity index (χ3n) is 6.85. The molecule has 2 aromatic carbocycles. The van der Waals surface area contributed by atoms with Crippen LogP contribution >= 0.6 is 11.6 Å². The Bertz CT molecular complexity index is 1320. The Labute approximate surface area is 222 Å². The Balaban J connectivity index is 1.50. The summed E-state index contributed by atoms with van der Waals surface area (Å²) in [6.07, 6.45) is 0.296. The predicted octanol–water partition coefficient (Wildman–Crippen LogP) is 4.84. The van der Waals surface area contributed by atoms with E-state index in [-0.39, 0.29) is 53.3 Å². The Kier molecular flexibility index (Phi) is 7.52. The number of alkyl halides is 2. The maximum absolute atomic E-state index is 16.0. The Morgan fingerprint density at radius 2 is 2.03 bits per heavy atom. The van der Waals surface area contributed by atoms with E-state index in [4.69, 9.17) is 16.3 Å². The van der Waals surface area contributed by atoms with E-state index in [1.54, 1.807) is 4.90 Å². The number of hydrogen-bond acceptors (Lipinski definition) is 7. The minimum absolute atomic E-state index is 0.0876. The molecule has 1 unspecified atom stereocenters. The molecule has 2 N–H and O–H groups in total. The highest BCUT2D eigenvalue weighted by Crippen LogP contribution is 2.42. The lowest BCUT2D eigenvalue weighted by atomic mass is 10.0. The summed E-state index contributed by atoms with van der Waals surface area (Å²) in [6, 6.07) is 5.19. The third kappa shape index (κ3) is 5.45. The van der Waals surface area contributed by atoms with Crippen LogP contribution in [0.5, 0.6) is 11.8 Å². The second kappa shape index (κ2) is 10.7. The largest absolute Gasteiger partial charge is 0.507 e. The Hall–Kier alpha value is -2.89. The minimum atomic E-state index is -2.67. The van der Waals surface area contributed by atoms with Crippen LogP contribution in [0, 0.1) is 11.6 Å². The van der Waals surface area contributed by atoms with Crippen molar-refractivity contribution >= 4 is 28.3 Å². The summed E-state index contributed by atoms with van der Waals surface area (Å²) in [5.41, 5.74) is -0.802. The number of aromatic hydroxyl groups is 1. The molecule has 0 aliphatic carbocycles. The molecule has 7 nitrogen and oxygen atoms in total. The maximum Gasteiger partial charge on any atom is 0.319 e. The zero-order chi connectivity index (χ0) is 27.0. The van der Waals surface area contributed by atoms with Gasteiger partial charge in [0.15, 0.2) is 5.82 Å². The van der Waals surface area contributed by atoms with E-state index in [0.717, 1.165) is 6.07 Å². The van der Waals surface area contributed by atoms with Gasteiger partial charge in [-0.15, -0.1) is 0 Å². The third-order valence-corrected chi connectivity index (χ3v) is 7.15. The summed E-state index contributed by atoms with van der Waals surface area (Å²) in [5.74, 6) is -4.45. The fourth-order valence-electron chi connectivity index (χ4n) is 5.03. The van der Waals surface area contributed by atoms with Crippen molar-refractivity contribution in [3.63, 3.8) is 0 Å². The summed E-state index contributed by atoms with van der Waals surface area (Å²) >= 11 is 6.46. The van der Waals surface area contributed by atoms with Gasteiger partial charge in [0.2, 0.25) is 0 Å². The van der Waals surface area contributed by atoms with Crippen LogP contribution in [0.2, 0.25) is 5.02 Å². The Morgan fingerprint density at radius 3 is 2.74 bits per heavy atom. The van der Waals surface area contributed by atoms with Crippen molar-refractivity contribution in [1.29, 1.82) is 0 Å².